The zero-order valence-electron chi connectivity index (χ0n) is 10.8. The Morgan fingerprint density at radius 1 is 1.28 bits per heavy atom. The van der Waals surface area contributed by atoms with Gasteiger partial charge in [0, 0.05) is 6.61 Å². The Labute approximate surface area is 108 Å². The molecule has 0 N–H and O–H groups in total. The third-order valence-corrected chi connectivity index (χ3v) is 2.91. The first-order chi connectivity index (χ1) is 8.88. The number of hydrogen-bond donors (Lipinski definition) is 0. The van der Waals surface area contributed by atoms with E-state index in [-0.39, 0.29) is 6.10 Å². The predicted molar refractivity (Wildman–Crippen MR) is 70.8 cm³/mol. The highest BCUT2D eigenvalue weighted by Gasteiger charge is 2.07. The molecule has 1 aliphatic heterocycles. The van der Waals surface area contributed by atoms with Gasteiger partial charge in [0.2, 0.25) is 0 Å². The highest BCUT2D eigenvalue weighted by atomic mass is 16.5. The second-order valence-electron chi connectivity index (χ2n) is 4.34. The third-order valence-electron chi connectivity index (χ3n) is 2.91. The first kappa shape index (κ1) is 13.1. The van der Waals surface area contributed by atoms with Crippen molar-refractivity contribution in [2.24, 2.45) is 0 Å². The van der Waals surface area contributed by atoms with E-state index >= 15 is 0 Å². The molecule has 0 saturated carbocycles. The van der Waals surface area contributed by atoms with Crippen LogP contribution in [0.4, 0.5) is 0 Å². The van der Waals surface area contributed by atoms with Gasteiger partial charge in [0.05, 0.1) is 26.4 Å². The number of methoxy groups -OCH3 is 1. The standard InChI is InChI=1S/C15H20O3/c1-16-14-8-6-13(7-9-14)11-17-12-15-5-3-2-4-10-18-15/h3,5-9,15H,2,4,10-12H2,1H3/t15-/m0/s1. The van der Waals surface area contributed by atoms with Crippen LogP contribution in [0.2, 0.25) is 0 Å². The molecular formula is C15H20O3. The maximum absolute atomic E-state index is 5.67. The van der Waals surface area contributed by atoms with Crippen LogP contribution in [-0.4, -0.2) is 26.4 Å². The van der Waals surface area contributed by atoms with E-state index in [0.717, 1.165) is 30.8 Å². The number of hydrogen-bond acceptors (Lipinski definition) is 3. The summed E-state index contributed by atoms with van der Waals surface area (Å²) in [6, 6.07) is 7.92. The highest BCUT2D eigenvalue weighted by molar-refractivity contribution is 5.26. The Hall–Kier alpha value is -1.32. The Morgan fingerprint density at radius 2 is 2.11 bits per heavy atom. The maximum atomic E-state index is 5.67. The van der Waals surface area contributed by atoms with Crippen molar-refractivity contribution in [1.82, 2.24) is 0 Å². The van der Waals surface area contributed by atoms with Crippen molar-refractivity contribution >= 4 is 0 Å². The minimum absolute atomic E-state index is 0.103. The summed E-state index contributed by atoms with van der Waals surface area (Å²) in [5.74, 6) is 0.869. The van der Waals surface area contributed by atoms with E-state index in [1.54, 1.807) is 7.11 Å². The van der Waals surface area contributed by atoms with Gasteiger partial charge in [-0.1, -0.05) is 24.3 Å². The zero-order valence-corrected chi connectivity index (χ0v) is 10.8. The second kappa shape index (κ2) is 7.19. The smallest absolute Gasteiger partial charge is 0.118 e. The van der Waals surface area contributed by atoms with Crippen LogP contribution in [0.3, 0.4) is 0 Å². The average Bonchev–Trinajstić information content (AvgIpc) is 2.68. The molecule has 0 bridgehead atoms. The fourth-order valence-corrected chi connectivity index (χ4v) is 1.86. The normalized spacial score (nSPS) is 19.5. The van der Waals surface area contributed by atoms with Gasteiger partial charge >= 0.3 is 0 Å². The summed E-state index contributed by atoms with van der Waals surface area (Å²) in [5.41, 5.74) is 1.15. The van der Waals surface area contributed by atoms with E-state index in [0.29, 0.717) is 13.2 Å². The first-order valence-corrected chi connectivity index (χ1v) is 6.37. The van der Waals surface area contributed by atoms with Gasteiger partial charge in [-0.05, 0) is 30.5 Å². The summed E-state index contributed by atoms with van der Waals surface area (Å²) in [6.07, 6.45) is 6.58. The molecule has 98 valence electrons. The average molecular weight is 248 g/mol. The Balaban J connectivity index is 1.73. The third kappa shape index (κ3) is 4.17. The van der Waals surface area contributed by atoms with Gasteiger partial charge in [0.1, 0.15) is 5.75 Å². The summed E-state index contributed by atoms with van der Waals surface area (Å²) in [4.78, 5) is 0. The molecule has 1 aromatic carbocycles. The van der Waals surface area contributed by atoms with Crippen molar-refractivity contribution in [3.63, 3.8) is 0 Å². The Kier molecular flexibility index (Phi) is 5.24. The predicted octanol–water partition coefficient (Wildman–Crippen LogP) is 2.95. The lowest BCUT2D eigenvalue weighted by Gasteiger charge is -2.13. The fraction of sp³-hybridized carbons (Fsp3) is 0.467. The quantitative estimate of drug-likeness (QED) is 0.750. The van der Waals surface area contributed by atoms with Gasteiger partial charge in [0.15, 0.2) is 0 Å². The van der Waals surface area contributed by atoms with Gasteiger partial charge in [-0.2, -0.15) is 0 Å². The van der Waals surface area contributed by atoms with Crippen molar-refractivity contribution in [2.75, 3.05) is 20.3 Å². The topological polar surface area (TPSA) is 27.7 Å². The molecule has 1 aliphatic rings. The van der Waals surface area contributed by atoms with Crippen molar-refractivity contribution in [2.45, 2.75) is 25.6 Å². The molecule has 0 radical (unpaired) electrons. The molecule has 1 aromatic rings. The van der Waals surface area contributed by atoms with Crippen LogP contribution in [-0.2, 0) is 16.1 Å². The van der Waals surface area contributed by atoms with Crippen LogP contribution in [0.15, 0.2) is 36.4 Å². The molecule has 0 fully saturated rings. The lowest BCUT2D eigenvalue weighted by Crippen LogP contribution is -2.17. The summed E-state index contributed by atoms with van der Waals surface area (Å²) in [7, 11) is 1.67. The maximum Gasteiger partial charge on any atom is 0.118 e. The molecule has 0 unspecified atom stereocenters. The molecule has 0 aliphatic carbocycles. The number of allylic oxidation sites excluding steroid dienone is 1. The van der Waals surface area contributed by atoms with E-state index < -0.39 is 0 Å². The van der Waals surface area contributed by atoms with Crippen LogP contribution in [0.5, 0.6) is 5.75 Å². The monoisotopic (exact) mass is 248 g/mol. The van der Waals surface area contributed by atoms with Crippen molar-refractivity contribution in [3.05, 3.63) is 42.0 Å². The van der Waals surface area contributed by atoms with E-state index in [1.807, 2.05) is 24.3 Å². The second-order valence-corrected chi connectivity index (χ2v) is 4.34. The molecule has 0 saturated heterocycles. The summed E-state index contributed by atoms with van der Waals surface area (Å²) >= 11 is 0. The van der Waals surface area contributed by atoms with Gasteiger partial charge in [-0.15, -0.1) is 0 Å². The Bertz CT molecular complexity index is 370. The lowest BCUT2D eigenvalue weighted by atomic mass is 10.2. The molecular weight excluding hydrogens is 228 g/mol. The van der Waals surface area contributed by atoms with Crippen LogP contribution >= 0.6 is 0 Å². The van der Waals surface area contributed by atoms with Gasteiger partial charge < -0.3 is 14.2 Å². The van der Waals surface area contributed by atoms with Crippen LogP contribution in [0.1, 0.15) is 18.4 Å². The molecule has 0 spiro atoms. The van der Waals surface area contributed by atoms with Crippen molar-refractivity contribution < 1.29 is 14.2 Å². The molecule has 18 heavy (non-hydrogen) atoms. The first-order valence-electron chi connectivity index (χ1n) is 6.37. The van der Waals surface area contributed by atoms with Crippen molar-refractivity contribution in [3.8, 4) is 5.75 Å². The van der Waals surface area contributed by atoms with Gasteiger partial charge in [0.25, 0.3) is 0 Å². The van der Waals surface area contributed by atoms with E-state index in [2.05, 4.69) is 12.2 Å². The Morgan fingerprint density at radius 3 is 2.89 bits per heavy atom. The van der Waals surface area contributed by atoms with Crippen LogP contribution in [0.25, 0.3) is 0 Å². The molecule has 3 nitrogen and oxygen atoms in total. The lowest BCUT2D eigenvalue weighted by molar-refractivity contribution is 0.00414. The number of rotatable bonds is 5. The zero-order chi connectivity index (χ0) is 12.6. The summed E-state index contributed by atoms with van der Waals surface area (Å²) in [5, 5.41) is 0. The molecule has 1 heterocycles. The van der Waals surface area contributed by atoms with E-state index in [4.69, 9.17) is 14.2 Å². The number of benzene rings is 1. The van der Waals surface area contributed by atoms with Gasteiger partial charge in [-0.25, -0.2) is 0 Å². The molecule has 1 atom stereocenters. The molecule has 0 aromatic heterocycles. The van der Waals surface area contributed by atoms with Crippen LogP contribution < -0.4 is 4.74 Å². The molecule has 3 heteroatoms. The molecule has 0 amide bonds. The molecule has 2 rings (SSSR count). The van der Waals surface area contributed by atoms with Crippen molar-refractivity contribution in [1.29, 1.82) is 0 Å². The highest BCUT2D eigenvalue weighted by Crippen LogP contribution is 2.12. The largest absolute Gasteiger partial charge is 0.497 e. The fourth-order valence-electron chi connectivity index (χ4n) is 1.86. The number of ether oxygens (including phenoxy) is 3. The SMILES string of the molecule is COc1ccc(COC[C@@H]2C=CCCCO2)cc1. The van der Waals surface area contributed by atoms with Crippen LogP contribution in [0, 0.1) is 0 Å². The minimum Gasteiger partial charge on any atom is -0.497 e. The summed E-state index contributed by atoms with van der Waals surface area (Å²) in [6.45, 7) is 2.05. The minimum atomic E-state index is 0.103. The van der Waals surface area contributed by atoms with E-state index in [9.17, 15) is 0 Å². The summed E-state index contributed by atoms with van der Waals surface area (Å²) < 4.78 is 16.4. The van der Waals surface area contributed by atoms with E-state index in [1.165, 1.54) is 0 Å². The van der Waals surface area contributed by atoms with Gasteiger partial charge in [-0.3, -0.25) is 0 Å².